The number of rotatable bonds is 5. The smallest absolute Gasteiger partial charge is 0.0485 e. The quantitative estimate of drug-likeness (QED) is 0.172. The van der Waals surface area contributed by atoms with Crippen LogP contribution in [-0.2, 0) is 12.8 Å². The fourth-order valence-corrected chi connectivity index (χ4v) is 7.85. The van der Waals surface area contributed by atoms with Crippen molar-refractivity contribution < 1.29 is 0 Å². The topological polar surface area (TPSA) is 48.2 Å². The second kappa shape index (κ2) is 20.7. The molecule has 1 unspecified atom stereocenters. The van der Waals surface area contributed by atoms with E-state index in [2.05, 4.69) is 158 Å². The lowest BCUT2D eigenvalue weighted by Gasteiger charge is -2.18. The number of benzene rings is 5. The van der Waals surface area contributed by atoms with Crippen molar-refractivity contribution in [2.24, 2.45) is 5.11 Å². The van der Waals surface area contributed by atoms with Crippen LogP contribution >= 0.6 is 11.3 Å². The monoisotopic (exact) mass is 705 g/mol. The number of allylic oxidation sites excluding steroid dienone is 2. The third-order valence-corrected chi connectivity index (χ3v) is 10.2. The number of thiophene rings is 1. The minimum absolute atomic E-state index is 0.278. The van der Waals surface area contributed by atoms with Crippen LogP contribution in [0.1, 0.15) is 91.8 Å². The molecule has 0 spiro atoms. The summed E-state index contributed by atoms with van der Waals surface area (Å²) in [6.45, 7) is 12.3. The average Bonchev–Trinajstić information content (AvgIpc) is 3.60. The van der Waals surface area contributed by atoms with Gasteiger partial charge >= 0.3 is 0 Å². The second-order valence-electron chi connectivity index (χ2n) is 12.4. The summed E-state index contributed by atoms with van der Waals surface area (Å²) >= 11 is 1.98. The fourth-order valence-electron chi connectivity index (χ4n) is 6.49. The van der Waals surface area contributed by atoms with Crippen LogP contribution in [0.5, 0.6) is 0 Å². The van der Waals surface area contributed by atoms with Crippen LogP contribution in [0, 0.1) is 12.5 Å². The van der Waals surface area contributed by atoms with Crippen molar-refractivity contribution >= 4 is 44.8 Å². The third kappa shape index (κ3) is 10.3. The van der Waals surface area contributed by atoms with Gasteiger partial charge in [0, 0.05) is 28.4 Å². The standard InChI is InChI=1S/C30H27NS.C13H12.2C2H6.CH4N2/c1-20(21-8-3-2-4-9-21)31-25-12-7-11-23(18-25)24-15-16-27-28-17-14-22-10-5-6-13-26(22)30(28)32-29(27)19-24;1-11-7-9-13(10-8-11)12-5-3-2-4-6-12;2*1-2;1-3-2/h2-4,6-9,11-14,17-20,31H,5,10,15-16H2,1H3;2-10H,1H3;2*1-2H3;2H,1H3. The molecule has 0 saturated heterocycles. The van der Waals surface area contributed by atoms with Crippen LogP contribution in [0.4, 0.5) is 5.69 Å². The van der Waals surface area contributed by atoms with Crippen molar-refractivity contribution in [1.82, 2.24) is 0 Å². The average molecular weight is 706 g/mol. The zero-order valence-electron chi connectivity index (χ0n) is 32.0. The zero-order chi connectivity index (χ0) is 37.3. The van der Waals surface area contributed by atoms with Crippen LogP contribution in [0.15, 0.2) is 133 Å². The SMILES string of the molecule is CC.CC.CC(Nc1cccc(C2=Cc3sc4c5c(ccc4c3CC2)CCC=C5)c1)c1ccccc1.CN=N.Cc1ccc(-c2ccccc2)cc1. The Morgan fingerprint density at radius 3 is 2.04 bits per heavy atom. The summed E-state index contributed by atoms with van der Waals surface area (Å²) in [5.41, 5.74) is 19.5. The molecule has 268 valence electrons. The molecule has 0 fully saturated rings. The molecular formula is C48H55N3S. The molecule has 2 aliphatic carbocycles. The Bertz CT molecular complexity index is 2040. The Morgan fingerprint density at radius 2 is 1.35 bits per heavy atom. The van der Waals surface area contributed by atoms with Gasteiger partial charge in [0.25, 0.3) is 0 Å². The Hall–Kier alpha value is -5.06. The van der Waals surface area contributed by atoms with Crippen LogP contribution in [0.3, 0.4) is 0 Å². The highest BCUT2D eigenvalue weighted by atomic mass is 32.1. The van der Waals surface area contributed by atoms with Gasteiger partial charge in [-0.15, -0.1) is 11.3 Å². The Labute approximate surface area is 316 Å². The summed E-state index contributed by atoms with van der Waals surface area (Å²) in [6.07, 6.45) is 11.7. The summed E-state index contributed by atoms with van der Waals surface area (Å²) in [6, 6.07) is 43.6. The number of aryl methyl sites for hydroxylation is 3. The summed E-state index contributed by atoms with van der Waals surface area (Å²) in [5.74, 6) is 0. The number of hydrogen-bond donors (Lipinski definition) is 2. The predicted octanol–water partition coefficient (Wildman–Crippen LogP) is 14.9. The maximum absolute atomic E-state index is 5.83. The van der Waals surface area contributed by atoms with Gasteiger partial charge < -0.3 is 5.32 Å². The lowest BCUT2D eigenvalue weighted by molar-refractivity contribution is 0.884. The maximum atomic E-state index is 5.83. The number of hydrogen-bond acceptors (Lipinski definition) is 4. The predicted molar refractivity (Wildman–Crippen MR) is 231 cm³/mol. The van der Waals surface area contributed by atoms with Gasteiger partial charge in [0.1, 0.15) is 0 Å². The van der Waals surface area contributed by atoms with Gasteiger partial charge in [-0.3, -0.25) is 0 Å². The lowest BCUT2D eigenvalue weighted by Crippen LogP contribution is -2.06. The summed E-state index contributed by atoms with van der Waals surface area (Å²) in [4.78, 5) is 1.45. The summed E-state index contributed by atoms with van der Waals surface area (Å²) < 4.78 is 1.48. The molecule has 3 nitrogen and oxygen atoms in total. The molecule has 0 radical (unpaired) electrons. The van der Waals surface area contributed by atoms with E-state index in [0.29, 0.717) is 0 Å². The van der Waals surface area contributed by atoms with Crippen LogP contribution in [0.25, 0.3) is 38.9 Å². The molecule has 4 heteroatoms. The van der Waals surface area contributed by atoms with E-state index in [1.54, 1.807) is 5.56 Å². The van der Waals surface area contributed by atoms with Gasteiger partial charge in [0.15, 0.2) is 0 Å². The molecule has 1 atom stereocenters. The second-order valence-corrected chi connectivity index (χ2v) is 13.4. The highest BCUT2D eigenvalue weighted by molar-refractivity contribution is 7.20. The minimum atomic E-state index is 0.278. The molecule has 0 amide bonds. The molecule has 1 heterocycles. The molecule has 6 aromatic rings. The van der Waals surface area contributed by atoms with Gasteiger partial charge in [0.05, 0.1) is 0 Å². The molecule has 52 heavy (non-hydrogen) atoms. The molecule has 0 aliphatic heterocycles. The van der Waals surface area contributed by atoms with E-state index in [4.69, 9.17) is 5.53 Å². The van der Waals surface area contributed by atoms with Gasteiger partial charge in [-0.2, -0.15) is 0 Å². The van der Waals surface area contributed by atoms with Gasteiger partial charge in [0.2, 0.25) is 0 Å². The van der Waals surface area contributed by atoms with Crippen LogP contribution in [-0.4, -0.2) is 7.05 Å². The summed E-state index contributed by atoms with van der Waals surface area (Å²) in [5, 5.41) is 7.90. The van der Waals surface area contributed by atoms with Crippen LogP contribution < -0.4 is 5.32 Å². The van der Waals surface area contributed by atoms with Crippen molar-refractivity contribution in [3.8, 4) is 11.1 Å². The fraction of sp³-hybridized carbons (Fsp3) is 0.250. The minimum Gasteiger partial charge on any atom is -0.379 e. The molecule has 8 rings (SSSR count). The molecule has 2 aliphatic rings. The van der Waals surface area contributed by atoms with Gasteiger partial charge in [-0.05, 0) is 108 Å². The van der Waals surface area contributed by atoms with E-state index in [1.165, 1.54) is 85.1 Å². The third-order valence-electron chi connectivity index (χ3n) is 9.01. The first-order valence-corrected chi connectivity index (χ1v) is 19.6. The molecule has 5 aromatic carbocycles. The largest absolute Gasteiger partial charge is 0.379 e. The van der Waals surface area contributed by atoms with Crippen LogP contribution in [0.2, 0.25) is 0 Å². The van der Waals surface area contributed by atoms with E-state index in [0.717, 1.165) is 12.8 Å². The molecule has 1 aromatic heterocycles. The number of anilines is 1. The highest BCUT2D eigenvalue weighted by Crippen LogP contribution is 2.43. The van der Waals surface area contributed by atoms with Crippen molar-refractivity contribution in [1.29, 1.82) is 5.53 Å². The molecular weight excluding hydrogens is 651 g/mol. The van der Waals surface area contributed by atoms with Crippen molar-refractivity contribution in [3.63, 3.8) is 0 Å². The van der Waals surface area contributed by atoms with Gasteiger partial charge in [-0.25, -0.2) is 10.6 Å². The highest BCUT2D eigenvalue weighted by Gasteiger charge is 2.20. The first-order chi connectivity index (χ1) is 25.5. The Balaban J connectivity index is 0.000000252. The molecule has 0 bridgehead atoms. The lowest BCUT2D eigenvalue weighted by atomic mass is 9.89. The Morgan fingerprint density at radius 1 is 0.712 bits per heavy atom. The first-order valence-electron chi connectivity index (χ1n) is 18.8. The number of nitrogens with zero attached hydrogens (tertiary/aromatic N) is 1. The van der Waals surface area contributed by atoms with E-state index < -0.39 is 0 Å². The zero-order valence-corrected chi connectivity index (χ0v) is 32.9. The van der Waals surface area contributed by atoms with E-state index in [-0.39, 0.29) is 6.04 Å². The normalized spacial score (nSPS) is 12.6. The first kappa shape index (κ1) is 39.7. The van der Waals surface area contributed by atoms with Gasteiger partial charge in [-0.1, -0.05) is 155 Å². The van der Waals surface area contributed by atoms with E-state index in [9.17, 15) is 0 Å². The van der Waals surface area contributed by atoms with E-state index >= 15 is 0 Å². The van der Waals surface area contributed by atoms with Crippen molar-refractivity contribution in [2.45, 2.75) is 73.3 Å². The molecule has 0 saturated carbocycles. The maximum Gasteiger partial charge on any atom is 0.0485 e. The molecule has 2 N–H and O–H groups in total. The summed E-state index contributed by atoms with van der Waals surface area (Å²) in [7, 11) is 1.42. The van der Waals surface area contributed by atoms with Crippen molar-refractivity contribution in [2.75, 3.05) is 12.4 Å². The Kier molecular flexibility index (Phi) is 15.8. The van der Waals surface area contributed by atoms with Crippen molar-refractivity contribution in [3.05, 3.63) is 166 Å². The number of nitrogens with one attached hydrogen (secondary N) is 2. The number of fused-ring (bicyclic) bond motifs is 5. The van der Waals surface area contributed by atoms with E-state index in [1.807, 2.05) is 45.1 Å².